The number of rotatable bonds is 3. The number of imide groups is 1. The van der Waals surface area contributed by atoms with Gasteiger partial charge >= 0.3 is 10.8 Å². The lowest BCUT2D eigenvalue weighted by Gasteiger charge is -2.42. The molecule has 0 unspecified atom stereocenters. The lowest BCUT2D eigenvalue weighted by Crippen LogP contribution is -2.44. The standard InChI is InChI=1S/C20H18N2O5S3/c1-6(19(25)26)22-17(23)11-7-5-8(12(11)18(22)24)14-10(7)13(9-3-2-4-28-9)15-16(29-14)21-20(27)30-15/h2-4,6-8,10-14H,5H2,1H3,(H,21,27)(H,25,26)/t6-,7-,8-,10-,11+,12-,13-,14-/m1/s1. The van der Waals surface area contributed by atoms with Crippen LogP contribution in [-0.4, -0.2) is 44.1 Å². The van der Waals surface area contributed by atoms with E-state index in [0.717, 1.165) is 21.2 Å². The molecule has 2 amide bonds. The Kier molecular flexibility index (Phi) is 3.96. The second kappa shape index (κ2) is 6.30. The molecule has 0 radical (unpaired) electrons. The summed E-state index contributed by atoms with van der Waals surface area (Å²) in [5, 5.41) is 12.4. The second-order valence-electron chi connectivity index (χ2n) is 8.54. The van der Waals surface area contributed by atoms with Gasteiger partial charge in [-0.2, -0.15) is 0 Å². The number of amides is 2. The molecule has 3 fully saturated rings. The van der Waals surface area contributed by atoms with E-state index in [1.807, 2.05) is 11.4 Å². The number of likely N-dealkylation sites (tertiary alicyclic amines) is 1. The number of carbonyl (C=O) groups is 3. The molecule has 2 saturated carbocycles. The lowest BCUT2D eigenvalue weighted by atomic mass is 9.69. The molecule has 2 aromatic rings. The Labute approximate surface area is 183 Å². The fourth-order valence-electron chi connectivity index (χ4n) is 6.32. The molecule has 2 N–H and O–H groups in total. The summed E-state index contributed by atoms with van der Waals surface area (Å²) in [4.78, 5) is 56.1. The molecule has 2 aliphatic heterocycles. The number of thiophene rings is 1. The van der Waals surface area contributed by atoms with Gasteiger partial charge in [0.05, 0.1) is 16.9 Å². The molecule has 2 aromatic heterocycles. The Morgan fingerprint density at radius 1 is 1.23 bits per heavy atom. The van der Waals surface area contributed by atoms with Crippen LogP contribution in [-0.2, 0) is 14.4 Å². The monoisotopic (exact) mass is 462 g/mol. The number of hydrogen-bond donors (Lipinski definition) is 2. The van der Waals surface area contributed by atoms with Crippen molar-refractivity contribution >= 4 is 52.2 Å². The van der Waals surface area contributed by atoms with E-state index in [0.29, 0.717) is 0 Å². The van der Waals surface area contributed by atoms with Crippen molar-refractivity contribution in [1.29, 1.82) is 0 Å². The Hall–Kier alpha value is -1.91. The summed E-state index contributed by atoms with van der Waals surface area (Å²) >= 11 is 4.54. The van der Waals surface area contributed by atoms with Gasteiger partial charge in [-0.15, -0.1) is 23.1 Å². The Morgan fingerprint density at radius 2 is 1.97 bits per heavy atom. The minimum absolute atomic E-state index is 0.0245. The highest BCUT2D eigenvalue weighted by Crippen LogP contribution is 2.68. The fraction of sp³-hybridized carbons (Fsp3) is 0.500. The average molecular weight is 463 g/mol. The van der Waals surface area contributed by atoms with Crippen LogP contribution in [0.15, 0.2) is 27.3 Å². The van der Waals surface area contributed by atoms with E-state index >= 15 is 0 Å². The number of carboxylic acids is 1. The van der Waals surface area contributed by atoms with Crippen molar-refractivity contribution in [1.82, 2.24) is 9.88 Å². The third kappa shape index (κ3) is 2.27. The van der Waals surface area contributed by atoms with Crippen LogP contribution in [0.5, 0.6) is 0 Å². The Bertz CT molecular complexity index is 1140. The van der Waals surface area contributed by atoms with Gasteiger partial charge in [-0.1, -0.05) is 17.4 Å². The zero-order valence-corrected chi connectivity index (χ0v) is 18.3. The van der Waals surface area contributed by atoms with Gasteiger partial charge < -0.3 is 10.1 Å². The zero-order chi connectivity index (χ0) is 20.9. The number of nitrogens with zero attached hydrogens (tertiary/aromatic N) is 1. The van der Waals surface area contributed by atoms with E-state index in [9.17, 15) is 24.3 Å². The number of aromatic nitrogens is 1. The van der Waals surface area contributed by atoms with Crippen LogP contribution in [0, 0.1) is 29.6 Å². The highest BCUT2D eigenvalue weighted by atomic mass is 32.2. The number of thiazole rings is 1. The number of carbonyl (C=O) groups excluding carboxylic acids is 2. The number of thioether (sulfide) groups is 1. The Morgan fingerprint density at radius 3 is 2.63 bits per heavy atom. The van der Waals surface area contributed by atoms with Crippen LogP contribution in [0.4, 0.5) is 0 Å². The third-order valence-corrected chi connectivity index (χ3v) is 10.9. The van der Waals surface area contributed by atoms with Gasteiger partial charge in [0.1, 0.15) is 6.04 Å². The predicted octanol–water partition coefficient (Wildman–Crippen LogP) is 2.44. The average Bonchev–Trinajstić information content (AvgIpc) is 3.48. The van der Waals surface area contributed by atoms with Crippen molar-refractivity contribution in [2.24, 2.45) is 29.6 Å². The van der Waals surface area contributed by atoms with E-state index < -0.39 is 23.8 Å². The quantitative estimate of drug-likeness (QED) is 0.679. The Balaban J connectivity index is 1.45. The summed E-state index contributed by atoms with van der Waals surface area (Å²) in [5.41, 5.74) is 0. The summed E-state index contributed by atoms with van der Waals surface area (Å²) in [6.45, 7) is 1.40. The van der Waals surface area contributed by atoms with E-state index in [-0.39, 0.29) is 45.6 Å². The first-order valence-corrected chi connectivity index (χ1v) is 12.5. The molecule has 0 aromatic carbocycles. The fourth-order valence-corrected chi connectivity index (χ4v) is 10.2. The molecule has 6 rings (SSSR count). The second-order valence-corrected chi connectivity index (χ2v) is 11.7. The van der Waals surface area contributed by atoms with Crippen LogP contribution >= 0.6 is 34.4 Å². The maximum absolute atomic E-state index is 13.2. The first-order valence-electron chi connectivity index (χ1n) is 9.91. The molecular weight excluding hydrogens is 444 g/mol. The van der Waals surface area contributed by atoms with Gasteiger partial charge in [0, 0.05) is 20.9 Å². The van der Waals surface area contributed by atoms with Crippen molar-refractivity contribution in [3.63, 3.8) is 0 Å². The highest BCUT2D eigenvalue weighted by molar-refractivity contribution is 8.00. The first-order chi connectivity index (χ1) is 14.4. The van der Waals surface area contributed by atoms with Crippen LogP contribution in [0.25, 0.3) is 0 Å². The largest absolute Gasteiger partial charge is 0.480 e. The SMILES string of the molecule is C[C@H](C(=O)O)N1C(=O)[C@@H]2[C@H]3C[C@@H]([C@@H]2C1=O)[C@@H]1[C@@H](c2cccs2)c2sc(=O)[nH]c2S[C@H]31. The number of aromatic amines is 1. The van der Waals surface area contributed by atoms with Gasteiger partial charge in [0.25, 0.3) is 0 Å². The number of H-pyrrole nitrogens is 1. The van der Waals surface area contributed by atoms with Crippen LogP contribution in [0.2, 0.25) is 0 Å². The molecule has 0 spiro atoms. The lowest BCUT2D eigenvalue weighted by molar-refractivity contribution is -0.154. The molecule has 156 valence electrons. The minimum atomic E-state index is -1.16. The third-order valence-electron chi connectivity index (χ3n) is 7.35. The topological polar surface area (TPSA) is 108 Å². The molecule has 10 heteroatoms. The molecule has 7 nitrogen and oxygen atoms in total. The predicted molar refractivity (Wildman–Crippen MR) is 112 cm³/mol. The van der Waals surface area contributed by atoms with E-state index in [2.05, 4.69) is 11.1 Å². The van der Waals surface area contributed by atoms with E-state index in [1.165, 1.54) is 23.1 Å². The molecular formula is C20H18N2O5S3. The van der Waals surface area contributed by atoms with E-state index in [1.54, 1.807) is 23.1 Å². The number of nitrogens with one attached hydrogen (secondary N) is 1. The van der Waals surface area contributed by atoms with Crippen molar-refractivity contribution in [2.45, 2.75) is 35.6 Å². The highest BCUT2D eigenvalue weighted by Gasteiger charge is 2.70. The van der Waals surface area contributed by atoms with Crippen molar-refractivity contribution < 1.29 is 19.5 Å². The summed E-state index contributed by atoms with van der Waals surface area (Å²) in [7, 11) is 0. The molecule has 2 bridgehead atoms. The molecule has 4 aliphatic rings. The first kappa shape index (κ1) is 18.8. The molecule has 4 heterocycles. The maximum Gasteiger partial charge on any atom is 0.326 e. The van der Waals surface area contributed by atoms with E-state index in [4.69, 9.17) is 0 Å². The van der Waals surface area contributed by atoms with Crippen LogP contribution in [0.1, 0.15) is 29.0 Å². The number of fused-ring (bicyclic) bond motifs is 9. The van der Waals surface area contributed by atoms with Crippen molar-refractivity contribution in [2.75, 3.05) is 0 Å². The van der Waals surface area contributed by atoms with Crippen LogP contribution < -0.4 is 4.87 Å². The molecule has 8 atom stereocenters. The summed E-state index contributed by atoms with van der Waals surface area (Å²) in [5.74, 6) is -2.44. The smallest absolute Gasteiger partial charge is 0.326 e. The van der Waals surface area contributed by atoms with Gasteiger partial charge in [0.2, 0.25) is 11.8 Å². The van der Waals surface area contributed by atoms with Gasteiger partial charge in [-0.25, -0.2) is 4.79 Å². The molecule has 2 aliphatic carbocycles. The normalized spacial score (nSPS) is 37.2. The van der Waals surface area contributed by atoms with Crippen molar-refractivity contribution in [3.05, 3.63) is 36.9 Å². The number of hydrogen-bond acceptors (Lipinski definition) is 7. The number of carboxylic acid groups (broad SMARTS) is 1. The molecule has 30 heavy (non-hydrogen) atoms. The summed E-state index contributed by atoms with van der Waals surface area (Å²) < 4.78 is 0. The maximum atomic E-state index is 13.2. The molecule has 1 saturated heterocycles. The van der Waals surface area contributed by atoms with Gasteiger partial charge in [0.15, 0.2) is 0 Å². The minimum Gasteiger partial charge on any atom is -0.480 e. The zero-order valence-electron chi connectivity index (χ0n) is 15.8. The van der Waals surface area contributed by atoms with Crippen molar-refractivity contribution in [3.8, 4) is 0 Å². The summed E-state index contributed by atoms with van der Waals surface area (Å²) in [6, 6.07) is 2.94. The number of aliphatic carboxylic acids is 1. The summed E-state index contributed by atoms with van der Waals surface area (Å²) in [6.07, 6.45) is 0.811. The van der Waals surface area contributed by atoms with Gasteiger partial charge in [-0.3, -0.25) is 19.3 Å². The van der Waals surface area contributed by atoms with Gasteiger partial charge in [-0.05, 0) is 42.5 Å². The van der Waals surface area contributed by atoms with Crippen LogP contribution in [0.3, 0.4) is 0 Å².